The van der Waals surface area contributed by atoms with Crippen molar-refractivity contribution in [1.29, 1.82) is 0 Å². The smallest absolute Gasteiger partial charge is 0.217 e. The molecule has 7 saturated heterocycles. The fourth-order valence-corrected chi connectivity index (χ4v) is 12.1. The third kappa shape index (κ3) is 18.5. The van der Waals surface area contributed by atoms with Crippen LogP contribution in [0.2, 0.25) is 0 Å². The summed E-state index contributed by atoms with van der Waals surface area (Å²) in [5, 5.41) is 268. The quantitative estimate of drug-likeness (QED) is 0.0331. The Morgan fingerprint density at radius 3 is 1.09 bits per heavy atom. The summed E-state index contributed by atoms with van der Waals surface area (Å²) in [6, 6.07) is -5.49. The molecule has 0 aromatic carbocycles. The van der Waals surface area contributed by atoms with E-state index in [1.165, 1.54) is 0 Å². The predicted molar refractivity (Wildman–Crippen MR) is 301 cm³/mol. The summed E-state index contributed by atoms with van der Waals surface area (Å²) in [5.74, 6) is -2.70. The van der Waals surface area contributed by atoms with Gasteiger partial charge in [-0.15, -0.1) is 0 Å². The van der Waals surface area contributed by atoms with Crippen molar-refractivity contribution in [1.82, 2.24) is 16.0 Å². The van der Waals surface area contributed by atoms with Crippen molar-refractivity contribution in [3.05, 3.63) is 0 Å². The summed E-state index contributed by atoms with van der Waals surface area (Å²) in [7, 11) is 0. The maximum Gasteiger partial charge on any atom is 0.217 e. The lowest BCUT2D eigenvalue weighted by Crippen LogP contribution is -2.70. The summed E-state index contributed by atoms with van der Waals surface area (Å²) in [6.07, 6.45) is -74.9. The van der Waals surface area contributed by atoms with E-state index in [1.54, 1.807) is 0 Å². The minimum absolute atomic E-state index is 0.853. The minimum Gasteiger partial charge on any atom is -0.394 e. The summed E-state index contributed by atoms with van der Waals surface area (Å²) in [6.45, 7) is -6.92. The predicted octanol–water partition coefficient (Wildman–Crippen LogP) is -18.4. The number of aliphatic hydroxyl groups is 24. The van der Waals surface area contributed by atoms with Crippen molar-refractivity contribution in [2.75, 3.05) is 59.5 Å². The van der Waals surface area contributed by atoms with Crippen LogP contribution in [0.15, 0.2) is 0 Å². The average Bonchev–Trinajstić information content (AvgIpc) is 0.782. The molecule has 39 atom stereocenters. The van der Waals surface area contributed by atoms with E-state index < -0.39 is 316 Å². The number of hydrogen-bond acceptors (Lipinski definition) is 41. The Hall–Kier alpha value is -3.11. The number of amides is 3. The highest BCUT2D eigenvalue weighted by Gasteiger charge is 2.59. The molecule has 44 heteroatoms. The van der Waals surface area contributed by atoms with Gasteiger partial charge in [0, 0.05) is 20.8 Å². The van der Waals surface area contributed by atoms with E-state index in [-0.39, 0.29) is 0 Å². The molecule has 0 spiro atoms. The third-order valence-electron chi connectivity index (χ3n) is 17.5. The Kier molecular flexibility index (Phi) is 30.6. The maximum atomic E-state index is 12.8. The standard InChI is InChI=1S/C54H93N3O41/c1-13(66)55-16(4-58)27(70)42(17(69)5-59)93-52-41(84)45(96-54-47(38(81)31(74)21(9-63)89-54)98-49-26(57-15(3)68)34(77)44(23(11-65)91-49)95-51-40(83)36(79)29(72)19(7-61)87-51)32(75)24(92-52)12-85-53-46(37(80)30(73)20(8-62)88-53)97-48-25(56-14(2)67)33(76)43(22(10-64)90-48)94-50-39(82)35(78)28(71)18(6-60)86-50/h16-54,58-65,69-84H,4-12H2,1-3H3,(H,55,66)(H,56,67)(H,57,68)/t16-,17+,18+,19+,20+,21+,22+,23+,24+,25+,26+,27+,28-,29-,30+,31+,32+,33+,34+,35-,36-,37-,38-,39+,40+,41-,42+,43+,44+,45-,46-,47-,48-,49-,50-,51-,52-,53-,54+/m0/s1. The van der Waals surface area contributed by atoms with Gasteiger partial charge in [0.15, 0.2) is 44.0 Å². The lowest BCUT2D eigenvalue weighted by Gasteiger charge is -2.50. The highest BCUT2D eigenvalue weighted by Crippen LogP contribution is 2.38. The molecular formula is C54H93N3O41. The SMILES string of the molecule is CC(=O)N[C@H]1[C@H](O[C@@H]2[C@@H](OC[C@H]3O[C@@H](O[C@@H]([C@H](O)[C@H](CO)NC(C)=O)[C@H](O)CO)[C@@H](O)[C@@H](O[C@H]4O[C@H](CO)[C@@H](O)[C@H](O)[C@@H]4O[C@@H]4O[C@H](CO)[C@@H](O[C@@H]5O[C@H](CO)[C@H](O)[C@H](O)[C@H]5O)[C@H](O)[C@H]4NC(C)=O)[C@@H]3O)O[C@H](CO)[C@@H](O)[C@@H]2O)O[C@H](CO)[C@@H](O[C@@H]2O[C@H](CO)[C@H](O)[C@H](O)[C@H]2O)[C@@H]1O. The zero-order valence-electron chi connectivity index (χ0n) is 52.6. The van der Waals surface area contributed by atoms with Crippen molar-refractivity contribution >= 4 is 17.7 Å². The van der Waals surface area contributed by atoms with Gasteiger partial charge in [0.1, 0.15) is 189 Å². The highest BCUT2D eigenvalue weighted by atomic mass is 16.8. The monoisotopic (exact) mass is 1440 g/mol. The highest BCUT2D eigenvalue weighted by molar-refractivity contribution is 5.74. The molecule has 0 aromatic heterocycles. The third-order valence-corrected chi connectivity index (χ3v) is 17.5. The number of carbonyl (C=O) groups is 3. The average molecular weight is 1440 g/mol. The van der Waals surface area contributed by atoms with Crippen molar-refractivity contribution in [2.24, 2.45) is 0 Å². The van der Waals surface area contributed by atoms with E-state index in [0.717, 1.165) is 20.8 Å². The van der Waals surface area contributed by atoms with E-state index in [2.05, 4.69) is 16.0 Å². The number of rotatable bonds is 29. The fourth-order valence-electron chi connectivity index (χ4n) is 12.1. The van der Waals surface area contributed by atoms with Gasteiger partial charge in [-0.05, 0) is 0 Å². The number of ether oxygens (including phenoxy) is 14. The molecule has 3 amide bonds. The largest absolute Gasteiger partial charge is 0.394 e. The Bertz CT molecular complexity index is 2460. The van der Waals surface area contributed by atoms with Crippen molar-refractivity contribution in [3.63, 3.8) is 0 Å². The van der Waals surface area contributed by atoms with E-state index in [0.29, 0.717) is 0 Å². The second-order valence-corrected chi connectivity index (χ2v) is 24.4. The number of nitrogens with one attached hydrogen (secondary N) is 3. The zero-order chi connectivity index (χ0) is 72.6. The molecule has 0 aliphatic carbocycles. The molecule has 7 fully saturated rings. The number of hydrogen-bond donors (Lipinski definition) is 27. The maximum absolute atomic E-state index is 12.8. The normalized spacial score (nSPS) is 46.1. The Morgan fingerprint density at radius 2 is 0.704 bits per heavy atom. The number of carbonyl (C=O) groups excluding carboxylic acids is 3. The van der Waals surface area contributed by atoms with Gasteiger partial charge in [0.25, 0.3) is 0 Å². The lowest BCUT2D eigenvalue weighted by atomic mass is 9.94. The van der Waals surface area contributed by atoms with Gasteiger partial charge in [-0.3, -0.25) is 14.4 Å². The van der Waals surface area contributed by atoms with Gasteiger partial charge in [-0.2, -0.15) is 0 Å². The first-order chi connectivity index (χ1) is 46.3. The first-order valence-electron chi connectivity index (χ1n) is 31.0. The summed E-state index contributed by atoms with van der Waals surface area (Å²) in [4.78, 5) is 37.7. The van der Waals surface area contributed by atoms with Crippen LogP contribution in [0.25, 0.3) is 0 Å². The van der Waals surface area contributed by atoms with Crippen LogP contribution in [0, 0.1) is 0 Å². The molecule has 570 valence electrons. The van der Waals surface area contributed by atoms with Crippen LogP contribution in [0.1, 0.15) is 20.8 Å². The van der Waals surface area contributed by atoms with Gasteiger partial charge in [0.05, 0.1) is 65.5 Å². The Balaban J connectivity index is 1.22. The van der Waals surface area contributed by atoms with Crippen molar-refractivity contribution in [2.45, 2.75) is 260 Å². The summed E-state index contributed by atoms with van der Waals surface area (Å²) in [5.41, 5.74) is 0. The van der Waals surface area contributed by atoms with Crippen LogP contribution in [-0.2, 0) is 80.7 Å². The molecule has 27 N–H and O–H groups in total. The van der Waals surface area contributed by atoms with E-state index in [9.17, 15) is 137 Å². The van der Waals surface area contributed by atoms with E-state index in [1.807, 2.05) is 0 Å². The van der Waals surface area contributed by atoms with Crippen LogP contribution >= 0.6 is 0 Å². The molecule has 0 bridgehead atoms. The Labute approximate surface area is 555 Å². The van der Waals surface area contributed by atoms with Crippen LogP contribution in [0.4, 0.5) is 0 Å². The number of aliphatic hydroxyl groups excluding tert-OH is 24. The first-order valence-corrected chi connectivity index (χ1v) is 31.0. The van der Waals surface area contributed by atoms with Gasteiger partial charge in [-0.25, -0.2) is 0 Å². The van der Waals surface area contributed by atoms with Crippen LogP contribution in [0.3, 0.4) is 0 Å². The first kappa shape index (κ1) is 82.2. The topological polar surface area (TPSA) is 702 Å². The summed E-state index contributed by atoms with van der Waals surface area (Å²) < 4.78 is 81.9. The molecule has 98 heavy (non-hydrogen) atoms. The molecule has 44 nitrogen and oxygen atoms in total. The zero-order valence-corrected chi connectivity index (χ0v) is 52.6. The van der Waals surface area contributed by atoms with Gasteiger partial charge < -0.3 is 205 Å². The van der Waals surface area contributed by atoms with Crippen LogP contribution < -0.4 is 16.0 Å². The molecule has 0 aromatic rings. The van der Waals surface area contributed by atoms with Crippen LogP contribution in [0.5, 0.6) is 0 Å². The van der Waals surface area contributed by atoms with Crippen molar-refractivity contribution in [3.8, 4) is 0 Å². The minimum atomic E-state index is -2.53. The Morgan fingerprint density at radius 1 is 0.347 bits per heavy atom. The fraction of sp³-hybridized carbons (Fsp3) is 0.944. The summed E-state index contributed by atoms with van der Waals surface area (Å²) >= 11 is 0. The van der Waals surface area contributed by atoms with Crippen molar-refractivity contribution < 1.29 is 203 Å². The molecule has 0 unspecified atom stereocenters. The van der Waals surface area contributed by atoms with Gasteiger partial charge in [0.2, 0.25) is 17.7 Å². The molecule has 7 rings (SSSR count). The molecule has 0 radical (unpaired) electrons. The molecule has 0 saturated carbocycles. The molecule has 7 aliphatic rings. The van der Waals surface area contributed by atoms with Crippen LogP contribution in [-0.4, -0.2) is 439 Å². The van der Waals surface area contributed by atoms with Gasteiger partial charge in [-0.1, -0.05) is 0 Å². The molecule has 7 heterocycles. The lowest BCUT2D eigenvalue weighted by molar-refractivity contribution is -0.395. The second-order valence-electron chi connectivity index (χ2n) is 24.4. The van der Waals surface area contributed by atoms with Gasteiger partial charge >= 0.3 is 0 Å². The van der Waals surface area contributed by atoms with E-state index >= 15 is 0 Å². The second kappa shape index (κ2) is 36.5. The molecule has 7 aliphatic heterocycles. The molecular weight excluding hydrogens is 1350 g/mol. The van der Waals surface area contributed by atoms with E-state index in [4.69, 9.17) is 66.3 Å².